The van der Waals surface area contributed by atoms with Crippen molar-refractivity contribution >= 4 is 17.5 Å². The van der Waals surface area contributed by atoms with Gasteiger partial charge in [0.05, 0.1) is 0 Å². The Labute approximate surface area is 111 Å². The van der Waals surface area contributed by atoms with Gasteiger partial charge in [0.2, 0.25) is 5.91 Å². The molecule has 102 valence electrons. The highest BCUT2D eigenvalue weighted by molar-refractivity contribution is 5.86. The summed E-state index contributed by atoms with van der Waals surface area (Å²) in [5.41, 5.74) is 2.55. The second-order valence-electron chi connectivity index (χ2n) is 5.16. The van der Waals surface area contributed by atoms with E-state index < -0.39 is 0 Å². The molecule has 0 bridgehead atoms. The highest BCUT2D eigenvalue weighted by Gasteiger charge is 2.31. The van der Waals surface area contributed by atoms with Gasteiger partial charge in [-0.25, -0.2) is 15.8 Å². The molecule has 7 heteroatoms. The Balaban J connectivity index is 1.80. The van der Waals surface area contributed by atoms with Crippen molar-refractivity contribution in [1.82, 2.24) is 14.9 Å². The van der Waals surface area contributed by atoms with Crippen molar-refractivity contribution < 1.29 is 4.79 Å². The number of nitrogens with zero attached hydrogens (tertiary/aromatic N) is 3. The molecule has 4 N–H and O–H groups in total. The monoisotopic (exact) mass is 262 g/mol. The van der Waals surface area contributed by atoms with Gasteiger partial charge in [0.1, 0.15) is 23.5 Å². The van der Waals surface area contributed by atoms with Crippen LogP contribution in [-0.2, 0) is 4.79 Å². The Morgan fingerprint density at radius 2 is 2.05 bits per heavy atom. The van der Waals surface area contributed by atoms with E-state index in [-0.39, 0.29) is 11.9 Å². The van der Waals surface area contributed by atoms with Gasteiger partial charge in [-0.05, 0) is 19.3 Å². The largest absolute Gasteiger partial charge is 0.358 e. The quantitative estimate of drug-likeness (QED) is 0.533. The average Bonchev–Trinajstić information content (AvgIpc) is 3.22. The third kappa shape index (κ3) is 2.46. The molecular weight excluding hydrogens is 244 g/mol. The summed E-state index contributed by atoms with van der Waals surface area (Å²) in [4.78, 5) is 22.4. The zero-order chi connectivity index (χ0) is 13.4. The van der Waals surface area contributed by atoms with Crippen LogP contribution in [0.4, 0.5) is 11.6 Å². The minimum Gasteiger partial charge on any atom is -0.358 e. The Kier molecular flexibility index (Phi) is 2.98. The maximum Gasteiger partial charge on any atom is 0.244 e. The summed E-state index contributed by atoms with van der Waals surface area (Å²) in [5, 5.41) is 3.18. The molecule has 0 spiro atoms. The predicted octanol–water partition coefficient (Wildman–Crippen LogP) is 0.282. The summed E-state index contributed by atoms with van der Waals surface area (Å²) in [6.07, 6.45) is 3.04. The van der Waals surface area contributed by atoms with Gasteiger partial charge in [-0.1, -0.05) is 0 Å². The van der Waals surface area contributed by atoms with Crippen LogP contribution >= 0.6 is 0 Å². The number of likely N-dealkylation sites (tertiary alicyclic amines) is 1. The topological polar surface area (TPSA) is 96.2 Å². The van der Waals surface area contributed by atoms with Crippen molar-refractivity contribution in [2.24, 2.45) is 5.84 Å². The second-order valence-corrected chi connectivity index (χ2v) is 5.16. The number of nitrogens with one attached hydrogen (secondary N) is 2. The minimum atomic E-state index is -0.197. The van der Waals surface area contributed by atoms with E-state index in [0.717, 1.165) is 31.6 Å². The molecule has 2 heterocycles. The van der Waals surface area contributed by atoms with Crippen LogP contribution in [0.2, 0.25) is 0 Å². The van der Waals surface area contributed by atoms with Crippen LogP contribution in [0.3, 0.4) is 0 Å². The zero-order valence-electron chi connectivity index (χ0n) is 10.9. The summed E-state index contributed by atoms with van der Waals surface area (Å²) in [5.74, 6) is 8.02. The van der Waals surface area contributed by atoms with Crippen molar-refractivity contribution in [3.05, 3.63) is 11.9 Å². The Morgan fingerprint density at radius 3 is 2.63 bits per heavy atom. The van der Waals surface area contributed by atoms with Crippen LogP contribution in [0, 0.1) is 0 Å². The average molecular weight is 262 g/mol. The summed E-state index contributed by atoms with van der Waals surface area (Å²) >= 11 is 0. The highest BCUT2D eigenvalue weighted by Crippen LogP contribution is 2.38. The van der Waals surface area contributed by atoms with Gasteiger partial charge in [-0.3, -0.25) is 4.79 Å². The molecule has 2 fully saturated rings. The maximum absolute atomic E-state index is 11.9. The molecule has 1 unspecified atom stereocenters. The molecule has 3 rings (SSSR count). The molecule has 1 amide bonds. The number of nitrogens with two attached hydrogens (primary N) is 1. The summed E-state index contributed by atoms with van der Waals surface area (Å²) in [6.45, 7) is 0.777. The Morgan fingerprint density at radius 1 is 1.32 bits per heavy atom. The Hall–Kier alpha value is -1.89. The fourth-order valence-corrected chi connectivity index (χ4v) is 2.27. The van der Waals surface area contributed by atoms with Crippen molar-refractivity contribution in [2.45, 2.75) is 31.2 Å². The first-order chi connectivity index (χ1) is 9.17. The lowest BCUT2D eigenvalue weighted by atomic mass is 10.2. The van der Waals surface area contributed by atoms with E-state index in [1.165, 1.54) is 0 Å². The van der Waals surface area contributed by atoms with E-state index >= 15 is 0 Å². The number of nitrogen functional groups attached to an aromatic ring is 1. The number of rotatable bonds is 4. The van der Waals surface area contributed by atoms with Gasteiger partial charge in [-0.15, -0.1) is 0 Å². The molecule has 2 aliphatic rings. The molecule has 1 saturated heterocycles. The standard InChI is InChI=1S/C12H18N6O/c1-18-5-4-8(12(18)19)14-9-6-10(17-13)16-11(15-9)7-2-3-7/h6-8H,2-5,13H2,1H3,(H2,14,15,16,17). The van der Waals surface area contributed by atoms with Gasteiger partial charge in [0.25, 0.3) is 0 Å². The highest BCUT2D eigenvalue weighted by atomic mass is 16.2. The third-order valence-electron chi connectivity index (χ3n) is 3.58. The van der Waals surface area contributed by atoms with E-state index in [0.29, 0.717) is 17.6 Å². The number of hydrazine groups is 1. The zero-order valence-corrected chi connectivity index (χ0v) is 10.9. The van der Waals surface area contributed by atoms with Crippen LogP contribution in [-0.4, -0.2) is 40.4 Å². The first-order valence-electron chi connectivity index (χ1n) is 6.54. The molecule has 1 aliphatic carbocycles. The first kappa shape index (κ1) is 12.2. The number of amides is 1. The second kappa shape index (κ2) is 4.65. The van der Waals surface area contributed by atoms with Gasteiger partial charge in [-0.2, -0.15) is 0 Å². The number of likely N-dealkylation sites (N-methyl/N-ethyl adjacent to an activating group) is 1. The molecule has 7 nitrogen and oxygen atoms in total. The van der Waals surface area contributed by atoms with Crippen LogP contribution < -0.4 is 16.6 Å². The molecule has 1 aromatic heterocycles. The fraction of sp³-hybridized carbons (Fsp3) is 0.583. The van der Waals surface area contributed by atoms with Crippen LogP contribution in [0.15, 0.2) is 6.07 Å². The SMILES string of the molecule is CN1CCC(Nc2cc(NN)nc(C3CC3)n2)C1=O. The van der Waals surface area contributed by atoms with E-state index in [9.17, 15) is 4.79 Å². The number of carbonyl (C=O) groups is 1. The smallest absolute Gasteiger partial charge is 0.244 e. The van der Waals surface area contributed by atoms with Gasteiger partial charge < -0.3 is 15.6 Å². The molecule has 0 radical (unpaired) electrons. The summed E-state index contributed by atoms with van der Waals surface area (Å²) in [6, 6.07) is 1.54. The van der Waals surface area contributed by atoms with Gasteiger partial charge in [0.15, 0.2) is 0 Å². The third-order valence-corrected chi connectivity index (χ3v) is 3.58. The lowest BCUT2D eigenvalue weighted by molar-refractivity contribution is -0.127. The maximum atomic E-state index is 11.9. The Bertz CT molecular complexity index is 501. The van der Waals surface area contributed by atoms with Crippen molar-refractivity contribution in [3.8, 4) is 0 Å². The number of carbonyl (C=O) groups excluding carboxylic acids is 1. The summed E-state index contributed by atoms with van der Waals surface area (Å²) in [7, 11) is 1.81. The molecular formula is C12H18N6O. The van der Waals surface area contributed by atoms with E-state index in [1.54, 1.807) is 11.0 Å². The van der Waals surface area contributed by atoms with Crippen molar-refractivity contribution in [1.29, 1.82) is 0 Å². The number of hydrogen-bond donors (Lipinski definition) is 3. The number of hydrogen-bond acceptors (Lipinski definition) is 6. The molecule has 1 aliphatic heterocycles. The van der Waals surface area contributed by atoms with E-state index in [4.69, 9.17) is 5.84 Å². The lowest BCUT2D eigenvalue weighted by Crippen LogP contribution is -2.31. The van der Waals surface area contributed by atoms with Gasteiger partial charge in [0, 0.05) is 25.6 Å². The predicted molar refractivity (Wildman–Crippen MR) is 71.5 cm³/mol. The van der Waals surface area contributed by atoms with Crippen molar-refractivity contribution in [3.63, 3.8) is 0 Å². The molecule has 0 aromatic carbocycles. The summed E-state index contributed by atoms with van der Waals surface area (Å²) < 4.78 is 0. The van der Waals surface area contributed by atoms with Crippen LogP contribution in [0.5, 0.6) is 0 Å². The minimum absolute atomic E-state index is 0.105. The molecule has 1 atom stereocenters. The van der Waals surface area contributed by atoms with Crippen molar-refractivity contribution in [2.75, 3.05) is 24.3 Å². The van der Waals surface area contributed by atoms with E-state index in [2.05, 4.69) is 20.7 Å². The van der Waals surface area contributed by atoms with Crippen LogP contribution in [0.1, 0.15) is 31.0 Å². The first-order valence-corrected chi connectivity index (χ1v) is 6.54. The van der Waals surface area contributed by atoms with Crippen LogP contribution in [0.25, 0.3) is 0 Å². The number of aromatic nitrogens is 2. The molecule has 19 heavy (non-hydrogen) atoms. The fourth-order valence-electron chi connectivity index (χ4n) is 2.27. The molecule has 1 saturated carbocycles. The number of anilines is 2. The van der Waals surface area contributed by atoms with E-state index in [1.807, 2.05) is 7.05 Å². The van der Waals surface area contributed by atoms with Gasteiger partial charge >= 0.3 is 0 Å². The lowest BCUT2D eigenvalue weighted by Gasteiger charge is -2.14. The normalized spacial score (nSPS) is 22.7. The molecule has 1 aromatic rings.